The Morgan fingerprint density at radius 1 is 1.21 bits per heavy atom. The Hall–Kier alpha value is -2.32. The Morgan fingerprint density at radius 2 is 1.93 bits per heavy atom. The fraction of sp³-hybridized carbons (Fsp3) is 0.300. The van der Waals surface area contributed by atoms with Crippen LogP contribution in [0.2, 0.25) is 10.0 Å². The van der Waals surface area contributed by atoms with Crippen LogP contribution in [0.4, 0.5) is 5.69 Å². The highest BCUT2D eigenvalue weighted by Gasteiger charge is 2.36. The number of halogens is 2. The molecule has 2 aliphatic heterocycles. The van der Waals surface area contributed by atoms with Gasteiger partial charge in [0.1, 0.15) is 18.1 Å². The van der Waals surface area contributed by atoms with Gasteiger partial charge in [-0.1, -0.05) is 23.2 Å². The predicted octanol–water partition coefficient (Wildman–Crippen LogP) is 4.63. The van der Waals surface area contributed by atoms with Crippen molar-refractivity contribution < 1.29 is 19.1 Å². The maximum Gasteiger partial charge on any atom is 0.269 e. The molecule has 0 bridgehead atoms. The quantitative estimate of drug-likeness (QED) is 0.502. The van der Waals surface area contributed by atoms with Crippen molar-refractivity contribution in [2.45, 2.75) is 6.04 Å². The second kappa shape index (κ2) is 8.59. The van der Waals surface area contributed by atoms with E-state index in [9.17, 15) is 10.1 Å². The summed E-state index contributed by atoms with van der Waals surface area (Å²) in [5.74, 6) is 1.86. The van der Waals surface area contributed by atoms with Gasteiger partial charge in [0, 0.05) is 35.8 Å². The Bertz CT molecular complexity index is 943. The molecule has 0 radical (unpaired) electrons. The molecule has 0 aromatic heterocycles. The van der Waals surface area contributed by atoms with Gasteiger partial charge in [0.05, 0.1) is 29.2 Å². The zero-order valence-electron chi connectivity index (χ0n) is 15.3. The van der Waals surface area contributed by atoms with E-state index in [2.05, 4.69) is 4.90 Å². The lowest BCUT2D eigenvalue weighted by atomic mass is 10.0. The van der Waals surface area contributed by atoms with Crippen molar-refractivity contribution in [1.82, 2.24) is 4.90 Å². The minimum atomic E-state index is -0.447. The number of ether oxygens (including phenoxy) is 3. The normalized spacial score (nSPS) is 20.3. The lowest BCUT2D eigenvalue weighted by Gasteiger charge is -2.32. The maximum atomic E-state index is 10.8. The Morgan fingerprint density at radius 3 is 2.62 bits per heavy atom. The number of non-ortho nitro benzene ring substituents is 1. The summed E-state index contributed by atoms with van der Waals surface area (Å²) >= 11 is 12.6. The third-order valence-electron chi connectivity index (χ3n) is 4.81. The van der Waals surface area contributed by atoms with Crippen LogP contribution < -0.4 is 9.47 Å². The number of nitro groups is 1. The SMILES string of the molecule is O=[N+]([O-])c1ccc(OC/C=C2\Oc3c(Cl)cc(Cl)cc3C2N2CCOCC2)cc1. The summed E-state index contributed by atoms with van der Waals surface area (Å²) in [6.45, 7) is 3.06. The van der Waals surface area contributed by atoms with E-state index < -0.39 is 4.92 Å². The molecule has 0 saturated carbocycles. The number of hydrogen-bond donors (Lipinski definition) is 0. The average Bonchev–Trinajstić information content (AvgIpc) is 3.07. The molecule has 0 N–H and O–H groups in total. The number of nitro benzene ring substituents is 1. The highest BCUT2D eigenvalue weighted by molar-refractivity contribution is 6.35. The fourth-order valence-corrected chi connectivity index (χ4v) is 4.02. The van der Waals surface area contributed by atoms with Crippen LogP contribution in [-0.2, 0) is 4.74 Å². The predicted molar refractivity (Wildman–Crippen MR) is 109 cm³/mol. The smallest absolute Gasteiger partial charge is 0.269 e. The van der Waals surface area contributed by atoms with Gasteiger partial charge in [-0.05, 0) is 30.3 Å². The molecule has 2 aliphatic rings. The van der Waals surface area contributed by atoms with Crippen molar-refractivity contribution in [2.24, 2.45) is 0 Å². The molecule has 1 fully saturated rings. The van der Waals surface area contributed by atoms with Crippen LogP contribution in [0.25, 0.3) is 0 Å². The van der Waals surface area contributed by atoms with Gasteiger partial charge in [0.25, 0.3) is 5.69 Å². The number of nitrogens with zero attached hydrogens (tertiary/aromatic N) is 2. The number of morpholine rings is 1. The van der Waals surface area contributed by atoms with Crippen LogP contribution in [0.3, 0.4) is 0 Å². The number of hydrogen-bond acceptors (Lipinski definition) is 6. The number of benzene rings is 2. The van der Waals surface area contributed by atoms with Crippen LogP contribution in [0.1, 0.15) is 11.6 Å². The molecule has 29 heavy (non-hydrogen) atoms. The van der Waals surface area contributed by atoms with Crippen molar-refractivity contribution in [1.29, 1.82) is 0 Å². The molecule has 1 unspecified atom stereocenters. The standard InChI is InChI=1S/C20H18Cl2N2O5/c21-13-11-16-19(23-6-9-27-10-7-23)18(29-20(16)17(22)12-13)5-8-28-15-3-1-14(2-4-15)24(25)26/h1-5,11-12,19H,6-10H2/b18-5-. The van der Waals surface area contributed by atoms with Crippen molar-refractivity contribution in [3.63, 3.8) is 0 Å². The first kappa shape index (κ1) is 20.0. The first-order valence-electron chi connectivity index (χ1n) is 9.09. The minimum absolute atomic E-state index is 0.0178. The fourth-order valence-electron chi connectivity index (χ4n) is 3.47. The molecule has 7 nitrogen and oxygen atoms in total. The molecule has 2 aromatic carbocycles. The maximum absolute atomic E-state index is 10.8. The summed E-state index contributed by atoms with van der Waals surface area (Å²) in [6.07, 6.45) is 1.85. The summed E-state index contributed by atoms with van der Waals surface area (Å²) in [5, 5.41) is 11.8. The minimum Gasteiger partial charge on any atom is -0.489 e. The molecule has 4 rings (SSSR count). The molecule has 1 atom stereocenters. The van der Waals surface area contributed by atoms with E-state index in [1.54, 1.807) is 18.2 Å². The molecule has 152 valence electrons. The summed E-state index contributed by atoms with van der Waals surface area (Å²) in [5.41, 5.74) is 0.940. The summed E-state index contributed by atoms with van der Waals surface area (Å²) in [6, 6.07) is 9.36. The largest absolute Gasteiger partial charge is 0.489 e. The number of fused-ring (bicyclic) bond motifs is 1. The first-order chi connectivity index (χ1) is 14.0. The van der Waals surface area contributed by atoms with Gasteiger partial charge in [-0.3, -0.25) is 15.0 Å². The Labute approximate surface area is 177 Å². The molecule has 2 aromatic rings. The third-order valence-corrected chi connectivity index (χ3v) is 5.31. The van der Waals surface area contributed by atoms with E-state index in [0.717, 1.165) is 18.7 Å². The van der Waals surface area contributed by atoms with Crippen molar-refractivity contribution >= 4 is 28.9 Å². The van der Waals surface area contributed by atoms with Gasteiger partial charge >= 0.3 is 0 Å². The van der Waals surface area contributed by atoms with Gasteiger partial charge in [-0.25, -0.2) is 0 Å². The highest BCUT2D eigenvalue weighted by Crippen LogP contribution is 2.47. The van der Waals surface area contributed by atoms with Crippen molar-refractivity contribution in [3.05, 3.63) is 74.0 Å². The molecular weight excluding hydrogens is 419 g/mol. The summed E-state index contributed by atoms with van der Waals surface area (Å²) < 4.78 is 17.2. The van der Waals surface area contributed by atoms with E-state index >= 15 is 0 Å². The lowest BCUT2D eigenvalue weighted by molar-refractivity contribution is -0.384. The zero-order chi connectivity index (χ0) is 20.4. The second-order valence-electron chi connectivity index (χ2n) is 6.63. The molecule has 0 amide bonds. The molecule has 1 saturated heterocycles. The van der Waals surface area contributed by atoms with Crippen LogP contribution in [0.15, 0.2) is 48.2 Å². The lowest BCUT2D eigenvalue weighted by Crippen LogP contribution is -2.39. The molecule has 0 aliphatic carbocycles. The van der Waals surface area contributed by atoms with Gasteiger partial charge in [-0.2, -0.15) is 0 Å². The van der Waals surface area contributed by atoms with E-state index in [1.165, 1.54) is 12.1 Å². The molecule has 0 spiro atoms. The van der Waals surface area contributed by atoms with E-state index in [0.29, 0.717) is 40.5 Å². The first-order valence-corrected chi connectivity index (χ1v) is 9.84. The van der Waals surface area contributed by atoms with Gasteiger partial charge < -0.3 is 14.2 Å². The summed E-state index contributed by atoms with van der Waals surface area (Å²) in [7, 11) is 0. The Balaban J connectivity index is 1.54. The monoisotopic (exact) mass is 436 g/mol. The zero-order valence-corrected chi connectivity index (χ0v) is 16.9. The van der Waals surface area contributed by atoms with Crippen LogP contribution in [-0.4, -0.2) is 42.7 Å². The summed E-state index contributed by atoms with van der Waals surface area (Å²) in [4.78, 5) is 12.6. The van der Waals surface area contributed by atoms with Crippen LogP contribution >= 0.6 is 23.2 Å². The highest BCUT2D eigenvalue weighted by atomic mass is 35.5. The van der Waals surface area contributed by atoms with Crippen molar-refractivity contribution in [3.8, 4) is 11.5 Å². The van der Waals surface area contributed by atoms with Gasteiger partial charge in [-0.15, -0.1) is 0 Å². The van der Waals surface area contributed by atoms with E-state index in [1.807, 2.05) is 12.1 Å². The van der Waals surface area contributed by atoms with Gasteiger partial charge in [0.2, 0.25) is 0 Å². The van der Waals surface area contributed by atoms with Crippen molar-refractivity contribution in [2.75, 3.05) is 32.9 Å². The Kier molecular flexibility index (Phi) is 5.91. The molecule has 9 heteroatoms. The van der Waals surface area contributed by atoms with Crippen LogP contribution in [0.5, 0.6) is 11.5 Å². The van der Waals surface area contributed by atoms with Crippen LogP contribution in [0, 0.1) is 10.1 Å². The van der Waals surface area contributed by atoms with E-state index in [-0.39, 0.29) is 18.3 Å². The second-order valence-corrected chi connectivity index (χ2v) is 7.47. The third kappa shape index (κ3) is 4.33. The molecule has 2 heterocycles. The van der Waals surface area contributed by atoms with E-state index in [4.69, 9.17) is 37.4 Å². The average molecular weight is 437 g/mol. The number of rotatable bonds is 5. The van der Waals surface area contributed by atoms with Gasteiger partial charge in [0.15, 0.2) is 5.75 Å². The molecular formula is C20H18Cl2N2O5. The topological polar surface area (TPSA) is 74.1 Å².